The molecule has 0 aliphatic carbocycles. The zero-order valence-corrected chi connectivity index (χ0v) is 8.52. The molecule has 0 saturated carbocycles. The van der Waals surface area contributed by atoms with E-state index in [9.17, 15) is 14.7 Å². The van der Waals surface area contributed by atoms with Crippen molar-refractivity contribution in [2.75, 3.05) is 0 Å². The van der Waals surface area contributed by atoms with Crippen LogP contribution in [0.1, 0.15) is 24.4 Å². The summed E-state index contributed by atoms with van der Waals surface area (Å²) in [6.45, 7) is 3.37. The molecule has 15 heavy (non-hydrogen) atoms. The van der Waals surface area contributed by atoms with Crippen LogP contribution in [0.15, 0.2) is 22.8 Å². The largest absolute Gasteiger partial charge is 0.548 e. The summed E-state index contributed by atoms with van der Waals surface area (Å²) in [5.74, 6) is -2.01. The van der Waals surface area contributed by atoms with Crippen LogP contribution in [-0.2, 0) is 4.79 Å². The molecule has 5 heteroatoms. The van der Waals surface area contributed by atoms with E-state index >= 15 is 0 Å². The van der Waals surface area contributed by atoms with Gasteiger partial charge < -0.3 is 19.6 Å². The summed E-state index contributed by atoms with van der Waals surface area (Å²) in [5.41, 5.74) is 0. The number of nitrogens with one attached hydrogen (secondary N) is 1. The Morgan fingerprint density at radius 1 is 1.47 bits per heavy atom. The van der Waals surface area contributed by atoms with Gasteiger partial charge in [-0.1, -0.05) is 13.8 Å². The molecule has 0 radical (unpaired) electrons. The number of carbonyl (C=O) groups excluding carboxylic acids is 2. The Hall–Kier alpha value is -1.78. The number of rotatable bonds is 4. The Balaban J connectivity index is 2.67. The van der Waals surface area contributed by atoms with Gasteiger partial charge in [0.2, 0.25) is 0 Å². The number of amides is 1. The van der Waals surface area contributed by atoms with Gasteiger partial charge in [0.1, 0.15) is 0 Å². The number of carboxylic acid groups (broad SMARTS) is 1. The predicted octanol–water partition coefficient (Wildman–Crippen LogP) is -0.216. The van der Waals surface area contributed by atoms with Crippen molar-refractivity contribution in [3.05, 3.63) is 24.2 Å². The summed E-state index contributed by atoms with van der Waals surface area (Å²) in [6, 6.07) is 2.00. The lowest BCUT2D eigenvalue weighted by atomic mass is 10.0. The maximum atomic E-state index is 11.4. The zero-order valence-electron chi connectivity index (χ0n) is 8.52. The number of carboxylic acids is 1. The molecular weight excluding hydrogens is 198 g/mol. The Morgan fingerprint density at radius 3 is 2.53 bits per heavy atom. The molecule has 0 aliphatic rings. The highest BCUT2D eigenvalue weighted by molar-refractivity contribution is 5.94. The highest BCUT2D eigenvalue weighted by Crippen LogP contribution is 2.04. The molecule has 0 bridgehead atoms. The summed E-state index contributed by atoms with van der Waals surface area (Å²) in [5, 5.41) is 13.0. The van der Waals surface area contributed by atoms with Crippen LogP contribution in [0.25, 0.3) is 0 Å². The molecule has 0 saturated heterocycles. The minimum absolute atomic E-state index is 0.0851. The smallest absolute Gasteiger partial charge is 0.287 e. The first-order valence-electron chi connectivity index (χ1n) is 4.57. The minimum atomic E-state index is -1.30. The number of carbonyl (C=O) groups is 2. The fourth-order valence-corrected chi connectivity index (χ4v) is 1.12. The standard InChI is InChI=1S/C10H13NO4/c1-6(2)8(10(13)14)11-9(12)7-4-3-5-15-7/h3-6,8H,1-2H3,(H,11,12)(H,13,14)/p-1. The lowest BCUT2D eigenvalue weighted by Gasteiger charge is -2.22. The van der Waals surface area contributed by atoms with Crippen molar-refractivity contribution in [3.8, 4) is 0 Å². The normalized spacial score (nSPS) is 12.5. The van der Waals surface area contributed by atoms with E-state index in [1.165, 1.54) is 12.3 Å². The first kappa shape index (κ1) is 11.3. The number of furan rings is 1. The van der Waals surface area contributed by atoms with Crippen LogP contribution >= 0.6 is 0 Å². The third-order valence-electron chi connectivity index (χ3n) is 1.95. The van der Waals surface area contributed by atoms with Gasteiger partial charge in [-0.2, -0.15) is 0 Å². The van der Waals surface area contributed by atoms with Crippen LogP contribution in [0.5, 0.6) is 0 Å². The van der Waals surface area contributed by atoms with Gasteiger partial charge in [-0.3, -0.25) is 4.79 Å². The molecule has 1 unspecified atom stereocenters. The number of hydrogen-bond acceptors (Lipinski definition) is 4. The van der Waals surface area contributed by atoms with Gasteiger partial charge in [-0.05, 0) is 18.1 Å². The monoisotopic (exact) mass is 210 g/mol. The van der Waals surface area contributed by atoms with Crippen molar-refractivity contribution < 1.29 is 19.1 Å². The highest BCUT2D eigenvalue weighted by Gasteiger charge is 2.19. The molecule has 1 aromatic rings. The molecule has 0 spiro atoms. The van der Waals surface area contributed by atoms with Gasteiger partial charge in [0, 0.05) is 0 Å². The molecule has 1 aromatic heterocycles. The third-order valence-corrected chi connectivity index (χ3v) is 1.95. The van der Waals surface area contributed by atoms with Crippen LogP contribution < -0.4 is 10.4 Å². The zero-order chi connectivity index (χ0) is 11.4. The molecule has 1 heterocycles. The van der Waals surface area contributed by atoms with Crippen molar-refractivity contribution in [2.24, 2.45) is 5.92 Å². The molecule has 1 rings (SSSR count). The second-order valence-corrected chi connectivity index (χ2v) is 3.49. The predicted molar refractivity (Wildman–Crippen MR) is 49.8 cm³/mol. The van der Waals surface area contributed by atoms with E-state index in [4.69, 9.17) is 4.42 Å². The number of aliphatic carboxylic acids is 1. The van der Waals surface area contributed by atoms with Gasteiger partial charge in [-0.15, -0.1) is 0 Å². The van der Waals surface area contributed by atoms with E-state index in [2.05, 4.69) is 5.32 Å². The van der Waals surface area contributed by atoms with Gasteiger partial charge in [0.25, 0.3) is 5.91 Å². The molecule has 0 aromatic carbocycles. The molecule has 82 valence electrons. The second-order valence-electron chi connectivity index (χ2n) is 3.49. The summed E-state index contributed by atoms with van der Waals surface area (Å²) in [4.78, 5) is 22.1. The Bertz CT molecular complexity index is 342. The summed E-state index contributed by atoms with van der Waals surface area (Å²) in [6.07, 6.45) is 1.35. The van der Waals surface area contributed by atoms with Gasteiger partial charge >= 0.3 is 0 Å². The van der Waals surface area contributed by atoms with Crippen molar-refractivity contribution in [1.82, 2.24) is 5.32 Å². The first-order chi connectivity index (χ1) is 7.02. The third kappa shape index (κ3) is 2.83. The SMILES string of the molecule is CC(C)C(NC(=O)c1ccco1)C(=O)[O-]. The fraction of sp³-hybridized carbons (Fsp3) is 0.400. The summed E-state index contributed by atoms with van der Waals surface area (Å²) in [7, 11) is 0. The molecule has 1 atom stereocenters. The van der Waals surface area contributed by atoms with E-state index in [1.54, 1.807) is 19.9 Å². The van der Waals surface area contributed by atoms with Crippen molar-refractivity contribution in [1.29, 1.82) is 0 Å². The van der Waals surface area contributed by atoms with Gasteiger partial charge in [0.05, 0.1) is 18.3 Å². The molecule has 0 aliphatic heterocycles. The van der Waals surface area contributed by atoms with Crippen molar-refractivity contribution in [3.63, 3.8) is 0 Å². The Kier molecular flexibility index (Phi) is 3.49. The average Bonchev–Trinajstić information content (AvgIpc) is 2.65. The van der Waals surface area contributed by atoms with E-state index in [0.29, 0.717) is 0 Å². The van der Waals surface area contributed by atoms with Crippen molar-refractivity contribution in [2.45, 2.75) is 19.9 Å². The summed E-state index contributed by atoms with van der Waals surface area (Å²) < 4.78 is 4.83. The summed E-state index contributed by atoms with van der Waals surface area (Å²) >= 11 is 0. The lowest BCUT2D eigenvalue weighted by Crippen LogP contribution is -2.50. The lowest BCUT2D eigenvalue weighted by molar-refractivity contribution is -0.309. The van der Waals surface area contributed by atoms with Crippen LogP contribution in [0.3, 0.4) is 0 Å². The van der Waals surface area contributed by atoms with Crippen molar-refractivity contribution >= 4 is 11.9 Å². The van der Waals surface area contributed by atoms with E-state index in [1.807, 2.05) is 0 Å². The maximum absolute atomic E-state index is 11.4. The molecular formula is C10H12NO4-. The van der Waals surface area contributed by atoms with Gasteiger partial charge in [0.15, 0.2) is 5.76 Å². The fourth-order valence-electron chi connectivity index (χ4n) is 1.12. The molecule has 1 N–H and O–H groups in total. The van der Waals surface area contributed by atoms with Crippen LogP contribution in [0.2, 0.25) is 0 Å². The topological polar surface area (TPSA) is 82.4 Å². The van der Waals surface area contributed by atoms with E-state index < -0.39 is 17.9 Å². The van der Waals surface area contributed by atoms with Crippen LogP contribution in [0.4, 0.5) is 0 Å². The maximum Gasteiger partial charge on any atom is 0.287 e. The van der Waals surface area contributed by atoms with E-state index in [0.717, 1.165) is 0 Å². The molecule has 1 amide bonds. The molecule has 5 nitrogen and oxygen atoms in total. The van der Waals surface area contributed by atoms with Gasteiger partial charge in [-0.25, -0.2) is 0 Å². The Morgan fingerprint density at radius 2 is 2.13 bits per heavy atom. The van der Waals surface area contributed by atoms with Crippen LogP contribution in [0, 0.1) is 5.92 Å². The second kappa shape index (κ2) is 4.63. The minimum Gasteiger partial charge on any atom is -0.548 e. The number of hydrogen-bond donors (Lipinski definition) is 1. The van der Waals surface area contributed by atoms with E-state index in [-0.39, 0.29) is 11.7 Å². The average molecular weight is 210 g/mol. The quantitative estimate of drug-likeness (QED) is 0.745. The van der Waals surface area contributed by atoms with Crippen LogP contribution in [-0.4, -0.2) is 17.9 Å². The first-order valence-corrected chi connectivity index (χ1v) is 4.57. The Labute approximate surface area is 87.1 Å². The highest BCUT2D eigenvalue weighted by atomic mass is 16.4. The molecule has 0 fully saturated rings.